The van der Waals surface area contributed by atoms with Gasteiger partial charge in [0.1, 0.15) is 0 Å². The number of anilines is 3. The average Bonchev–Trinajstić information content (AvgIpc) is 3.29. The van der Waals surface area contributed by atoms with E-state index in [1.165, 1.54) is 0 Å². The van der Waals surface area contributed by atoms with Gasteiger partial charge in [0.25, 0.3) is 0 Å². The molecule has 2 aliphatic rings. The van der Waals surface area contributed by atoms with E-state index in [1.54, 1.807) is 24.2 Å². The van der Waals surface area contributed by atoms with Crippen LogP contribution in [0.3, 0.4) is 0 Å². The topological polar surface area (TPSA) is 110 Å². The van der Waals surface area contributed by atoms with Crippen LogP contribution in [0.15, 0.2) is 54.9 Å². The van der Waals surface area contributed by atoms with E-state index >= 15 is 0 Å². The number of amides is 2. The maximum absolute atomic E-state index is 13.7. The van der Waals surface area contributed by atoms with Crippen LogP contribution in [0.2, 0.25) is 0 Å². The zero-order valence-electron chi connectivity index (χ0n) is 19.1. The Bertz CT molecular complexity index is 1220. The summed E-state index contributed by atoms with van der Waals surface area (Å²) in [6, 6.07) is 13.8. The fourth-order valence-corrected chi connectivity index (χ4v) is 4.87. The van der Waals surface area contributed by atoms with Gasteiger partial charge in [-0.25, -0.2) is 9.97 Å². The molecule has 3 N–H and O–H groups in total. The lowest BCUT2D eigenvalue weighted by molar-refractivity contribution is -0.125. The Labute approximate surface area is 198 Å². The Kier molecular flexibility index (Phi) is 5.75. The van der Waals surface area contributed by atoms with Crippen molar-refractivity contribution < 1.29 is 14.3 Å². The number of aromatic nitrogens is 2. The fourth-order valence-electron chi connectivity index (χ4n) is 4.87. The number of hydrogen-bond donors (Lipinski definition) is 2. The van der Waals surface area contributed by atoms with Crippen LogP contribution in [0.1, 0.15) is 30.9 Å². The predicted molar refractivity (Wildman–Crippen MR) is 130 cm³/mol. The summed E-state index contributed by atoms with van der Waals surface area (Å²) < 4.78 is 5.60. The van der Waals surface area contributed by atoms with Crippen molar-refractivity contribution in [2.24, 2.45) is 0 Å². The summed E-state index contributed by atoms with van der Waals surface area (Å²) in [5.74, 6) is 0.178. The highest BCUT2D eigenvalue weighted by atomic mass is 16.5. The molecule has 8 heteroatoms. The van der Waals surface area contributed by atoms with Crippen LogP contribution in [0.25, 0.3) is 11.1 Å². The molecule has 2 aliphatic heterocycles. The molecule has 174 valence electrons. The summed E-state index contributed by atoms with van der Waals surface area (Å²) in [5.41, 5.74) is 10.3. The van der Waals surface area contributed by atoms with E-state index in [2.05, 4.69) is 15.3 Å². The van der Waals surface area contributed by atoms with E-state index in [0.29, 0.717) is 38.3 Å². The lowest BCUT2D eigenvalue weighted by atomic mass is 9.73. The van der Waals surface area contributed by atoms with E-state index in [-0.39, 0.29) is 17.8 Å². The van der Waals surface area contributed by atoms with E-state index in [4.69, 9.17) is 10.5 Å². The van der Waals surface area contributed by atoms with Crippen LogP contribution in [-0.4, -0.2) is 41.5 Å². The van der Waals surface area contributed by atoms with Crippen molar-refractivity contribution in [2.75, 3.05) is 35.7 Å². The molecule has 0 atom stereocenters. The zero-order chi connectivity index (χ0) is 23.7. The van der Waals surface area contributed by atoms with Crippen molar-refractivity contribution in [1.29, 1.82) is 0 Å². The summed E-state index contributed by atoms with van der Waals surface area (Å²) in [6.07, 6.45) is 5.38. The van der Waals surface area contributed by atoms with Crippen LogP contribution in [0.5, 0.6) is 0 Å². The first-order valence-electron chi connectivity index (χ1n) is 11.4. The molecule has 0 radical (unpaired) electrons. The lowest BCUT2D eigenvalue weighted by Gasteiger charge is -2.36. The number of carbonyl (C=O) groups excluding carboxylic acids is 2. The highest BCUT2D eigenvalue weighted by Gasteiger charge is 2.42. The maximum Gasteiger partial charge on any atom is 0.235 e. The third-order valence-electron chi connectivity index (χ3n) is 6.84. The van der Waals surface area contributed by atoms with Crippen LogP contribution in [0.4, 0.5) is 17.3 Å². The number of nitrogens with one attached hydrogen (secondary N) is 1. The van der Waals surface area contributed by atoms with Gasteiger partial charge in [0, 0.05) is 56.0 Å². The second-order valence-corrected chi connectivity index (χ2v) is 8.82. The van der Waals surface area contributed by atoms with E-state index in [9.17, 15) is 9.59 Å². The smallest absolute Gasteiger partial charge is 0.235 e. The number of benzene rings is 2. The van der Waals surface area contributed by atoms with Gasteiger partial charge in [0.15, 0.2) is 0 Å². The molecule has 2 amide bonds. The third-order valence-corrected chi connectivity index (χ3v) is 6.84. The van der Waals surface area contributed by atoms with Gasteiger partial charge in [-0.15, -0.1) is 0 Å². The normalized spacial score (nSPS) is 16.7. The standard InChI is InChI=1S/C26H27N5O3/c1-17(32)31-11-8-19-4-7-22(14-23(19)31)30-24(33)26(9-12-34-13-10-26)21-5-2-18(3-6-21)20-15-28-25(27)29-16-20/h2-7,14-16H,8-13H2,1H3,(H,30,33)(H2,27,28,29). The van der Waals surface area contributed by atoms with Crippen LogP contribution in [0, 0.1) is 0 Å². The first kappa shape index (κ1) is 22.0. The molecule has 0 saturated carbocycles. The van der Waals surface area contributed by atoms with Gasteiger partial charge in [-0.1, -0.05) is 30.3 Å². The van der Waals surface area contributed by atoms with Gasteiger partial charge in [0.2, 0.25) is 17.8 Å². The minimum atomic E-state index is -0.701. The predicted octanol–water partition coefficient (Wildman–Crippen LogP) is 3.32. The summed E-state index contributed by atoms with van der Waals surface area (Å²) in [6.45, 7) is 3.28. The van der Waals surface area contributed by atoms with Crippen LogP contribution < -0.4 is 16.0 Å². The second kappa shape index (κ2) is 8.87. The molecule has 0 spiro atoms. The van der Waals surface area contributed by atoms with Crippen molar-refractivity contribution in [3.05, 3.63) is 66.0 Å². The Morgan fingerprint density at radius 2 is 1.74 bits per heavy atom. The number of nitrogens with zero attached hydrogens (tertiary/aromatic N) is 3. The highest BCUT2D eigenvalue weighted by molar-refractivity contribution is 6.01. The van der Waals surface area contributed by atoms with Crippen molar-refractivity contribution >= 4 is 29.1 Å². The summed E-state index contributed by atoms with van der Waals surface area (Å²) in [7, 11) is 0. The molecule has 3 aromatic rings. The van der Waals surface area contributed by atoms with Gasteiger partial charge in [-0.05, 0) is 48.1 Å². The number of rotatable bonds is 4. The Balaban J connectivity index is 1.42. The van der Waals surface area contributed by atoms with Gasteiger partial charge < -0.3 is 20.7 Å². The number of ether oxygens (including phenoxy) is 1. The first-order valence-corrected chi connectivity index (χ1v) is 11.4. The Hall–Kier alpha value is -3.78. The highest BCUT2D eigenvalue weighted by Crippen LogP contribution is 2.38. The molecule has 1 saturated heterocycles. The number of nitrogens with two attached hydrogens (primary N) is 1. The number of hydrogen-bond acceptors (Lipinski definition) is 6. The maximum atomic E-state index is 13.7. The second-order valence-electron chi connectivity index (χ2n) is 8.82. The van der Waals surface area contributed by atoms with E-state index in [0.717, 1.165) is 34.4 Å². The molecule has 8 nitrogen and oxygen atoms in total. The van der Waals surface area contributed by atoms with Gasteiger partial charge in [-0.2, -0.15) is 0 Å². The first-order chi connectivity index (χ1) is 16.5. The number of nitrogen functional groups attached to an aromatic ring is 1. The summed E-state index contributed by atoms with van der Waals surface area (Å²) >= 11 is 0. The summed E-state index contributed by atoms with van der Waals surface area (Å²) in [4.78, 5) is 35.6. The largest absolute Gasteiger partial charge is 0.381 e. The molecular formula is C26H27N5O3. The number of carbonyl (C=O) groups is 2. The van der Waals surface area contributed by atoms with Gasteiger partial charge >= 0.3 is 0 Å². The molecule has 1 aromatic heterocycles. The van der Waals surface area contributed by atoms with E-state index < -0.39 is 5.41 Å². The third kappa shape index (κ3) is 4.01. The SMILES string of the molecule is CC(=O)N1CCc2ccc(NC(=O)C3(c4ccc(-c5cnc(N)nc5)cc4)CCOCC3)cc21. The quantitative estimate of drug-likeness (QED) is 0.622. The van der Waals surface area contributed by atoms with Crippen molar-refractivity contribution in [3.8, 4) is 11.1 Å². The molecular weight excluding hydrogens is 430 g/mol. The molecule has 0 aliphatic carbocycles. The molecule has 34 heavy (non-hydrogen) atoms. The minimum absolute atomic E-state index is 0.00900. The molecule has 2 aromatic carbocycles. The van der Waals surface area contributed by atoms with E-state index in [1.807, 2.05) is 42.5 Å². The van der Waals surface area contributed by atoms with Gasteiger partial charge in [-0.3, -0.25) is 9.59 Å². The van der Waals surface area contributed by atoms with Crippen molar-refractivity contribution in [2.45, 2.75) is 31.6 Å². The monoisotopic (exact) mass is 457 g/mol. The number of fused-ring (bicyclic) bond motifs is 1. The molecule has 5 rings (SSSR count). The molecule has 0 bridgehead atoms. The minimum Gasteiger partial charge on any atom is -0.381 e. The van der Waals surface area contributed by atoms with Crippen molar-refractivity contribution in [3.63, 3.8) is 0 Å². The van der Waals surface area contributed by atoms with Crippen LogP contribution in [-0.2, 0) is 26.2 Å². The van der Waals surface area contributed by atoms with Gasteiger partial charge in [0.05, 0.1) is 5.41 Å². The average molecular weight is 458 g/mol. The molecule has 1 fully saturated rings. The Morgan fingerprint density at radius 3 is 2.41 bits per heavy atom. The fraction of sp³-hybridized carbons (Fsp3) is 0.308. The lowest BCUT2D eigenvalue weighted by Crippen LogP contribution is -2.44. The van der Waals surface area contributed by atoms with Crippen molar-refractivity contribution in [1.82, 2.24) is 9.97 Å². The van der Waals surface area contributed by atoms with Crippen LogP contribution >= 0.6 is 0 Å². The molecule has 3 heterocycles. The Morgan fingerprint density at radius 1 is 1.03 bits per heavy atom. The summed E-state index contributed by atoms with van der Waals surface area (Å²) in [5, 5.41) is 3.13. The molecule has 0 unspecified atom stereocenters. The zero-order valence-corrected chi connectivity index (χ0v) is 19.1.